The molecule has 0 aromatic carbocycles. The van der Waals surface area contributed by atoms with Gasteiger partial charge in [0, 0.05) is 4.91 Å². The topological polar surface area (TPSA) is 165 Å². The number of rotatable bonds is 3. The fraction of sp³-hybridized carbons (Fsp3) is 0. The molecule has 1 N–H and O–H groups in total. The van der Waals surface area contributed by atoms with E-state index in [4.69, 9.17) is 16.6 Å². The first kappa shape index (κ1) is 10.8. The maximum absolute atomic E-state index is 8.31. The lowest BCUT2D eigenvalue weighted by Gasteiger charge is -2.26. The third kappa shape index (κ3) is 2.56. The molecule has 1 heterocycles. The number of nitrogens with one attached hydrogen (secondary N) is 1. The van der Waals surface area contributed by atoms with Gasteiger partial charge in [0.2, 0.25) is 0 Å². The predicted molar refractivity (Wildman–Crippen MR) is 54.3 cm³/mol. The van der Waals surface area contributed by atoms with Gasteiger partial charge in [0.1, 0.15) is 0 Å². The van der Waals surface area contributed by atoms with Crippen LogP contribution in [0.1, 0.15) is 0 Å². The highest BCUT2D eigenvalue weighted by atomic mass is 15.6. The Balaban J connectivity index is 2.93. The number of hydrogen-bond donors (Lipinski definition) is 1. The van der Waals surface area contributed by atoms with Crippen molar-refractivity contribution in [1.29, 1.82) is 0 Å². The third-order valence-corrected chi connectivity index (χ3v) is 1.55. The molecule has 0 radical (unpaired) electrons. The Bertz CT molecular complexity index is 327. The standard InChI is InChI=1S/B3H3N12/c4-9-8-3-14(12-10-5)1-7-2-15(3)13-11-6/h1-2,7H. The Morgan fingerprint density at radius 1 is 1.00 bits per heavy atom. The highest BCUT2D eigenvalue weighted by molar-refractivity contribution is 6.73. The first-order valence-electron chi connectivity index (χ1n) is 3.71. The second-order valence-electron chi connectivity index (χ2n) is 2.35. The molecular weight excluding hydrogens is 201 g/mol. The van der Waals surface area contributed by atoms with Crippen molar-refractivity contribution < 1.29 is 0 Å². The van der Waals surface area contributed by atoms with Crippen LogP contribution in [0, 0.1) is 0 Å². The van der Waals surface area contributed by atoms with Crippen molar-refractivity contribution >= 4 is 22.2 Å². The first-order chi connectivity index (χ1) is 7.33. The molecule has 0 amide bonds. The van der Waals surface area contributed by atoms with Crippen molar-refractivity contribution in [2.75, 3.05) is 0 Å². The van der Waals surface area contributed by atoms with Gasteiger partial charge in [-0.15, -0.1) is 11.1 Å². The van der Waals surface area contributed by atoms with Gasteiger partial charge in [0.15, 0.2) is 0 Å². The number of hydrogen-bond acceptors (Lipinski definition) is 4. The molecule has 1 aliphatic rings. The lowest BCUT2D eigenvalue weighted by atomic mass is 9.74. The van der Waals surface area contributed by atoms with Crippen LogP contribution in [0.3, 0.4) is 0 Å². The molecule has 0 aromatic rings. The van der Waals surface area contributed by atoms with E-state index in [0.29, 0.717) is 0 Å². The molecule has 15 heavy (non-hydrogen) atoms. The molecule has 0 aromatic heterocycles. The SMILES string of the molecule is [N-]=[N+]=NB1N(N=[N+]=[N-])BNBN1N=[N+]=[N-]. The van der Waals surface area contributed by atoms with Gasteiger partial charge in [-0.2, -0.15) is 9.82 Å². The van der Waals surface area contributed by atoms with Gasteiger partial charge in [0.25, 0.3) is 0 Å². The fourth-order valence-electron chi connectivity index (χ4n) is 1.02. The lowest BCUT2D eigenvalue weighted by Crippen LogP contribution is -2.62. The smallest absolute Gasteiger partial charge is 0.322 e. The zero-order valence-electron chi connectivity index (χ0n) is 7.41. The molecule has 1 fully saturated rings. The van der Waals surface area contributed by atoms with Gasteiger partial charge in [-0.05, 0) is 10.6 Å². The molecule has 1 rings (SSSR count). The van der Waals surface area contributed by atoms with E-state index in [1.807, 2.05) is 0 Å². The minimum atomic E-state index is -0.956. The summed E-state index contributed by atoms with van der Waals surface area (Å²) >= 11 is 0. The third-order valence-electron chi connectivity index (χ3n) is 1.55. The zero-order chi connectivity index (χ0) is 11.1. The van der Waals surface area contributed by atoms with Gasteiger partial charge in [-0.1, -0.05) is 10.4 Å². The van der Waals surface area contributed by atoms with Crippen LogP contribution in [-0.4, -0.2) is 31.9 Å². The van der Waals surface area contributed by atoms with E-state index < -0.39 is 7.12 Å². The second kappa shape index (κ2) is 5.42. The summed E-state index contributed by atoms with van der Waals surface area (Å²) in [6.07, 6.45) is 0. The summed E-state index contributed by atoms with van der Waals surface area (Å²) < 4.78 is 0. The average molecular weight is 204 g/mol. The molecule has 0 spiro atoms. The maximum atomic E-state index is 8.31. The summed E-state index contributed by atoms with van der Waals surface area (Å²) in [5.41, 5.74) is 24.8. The van der Waals surface area contributed by atoms with Crippen LogP contribution in [0.2, 0.25) is 0 Å². The second-order valence-corrected chi connectivity index (χ2v) is 2.35. The molecule has 72 valence electrons. The van der Waals surface area contributed by atoms with E-state index in [1.165, 1.54) is 0 Å². The normalized spacial score (nSPS) is 13.7. The molecule has 0 aliphatic carbocycles. The Hall–Kier alpha value is -2.32. The predicted octanol–water partition coefficient (Wildman–Crippen LogP) is -0.528. The van der Waals surface area contributed by atoms with Crippen LogP contribution >= 0.6 is 0 Å². The molecule has 0 saturated carbocycles. The largest absolute Gasteiger partial charge is 0.674 e. The Labute approximate surface area is 84.7 Å². The van der Waals surface area contributed by atoms with E-state index in [0.717, 1.165) is 9.66 Å². The van der Waals surface area contributed by atoms with Crippen LogP contribution in [-0.2, 0) is 0 Å². The van der Waals surface area contributed by atoms with Crippen LogP contribution in [0.4, 0.5) is 0 Å². The van der Waals surface area contributed by atoms with Gasteiger partial charge in [0.05, 0.1) is 0 Å². The Morgan fingerprint density at radius 2 is 1.53 bits per heavy atom. The van der Waals surface area contributed by atoms with Crippen molar-refractivity contribution in [3.63, 3.8) is 0 Å². The van der Waals surface area contributed by atoms with E-state index in [1.54, 1.807) is 0 Å². The molecule has 0 unspecified atom stereocenters. The Morgan fingerprint density at radius 3 is 1.93 bits per heavy atom. The van der Waals surface area contributed by atoms with E-state index in [2.05, 4.69) is 35.3 Å². The molecule has 0 bridgehead atoms. The molecule has 1 aliphatic heterocycles. The monoisotopic (exact) mass is 204 g/mol. The Kier molecular flexibility index (Phi) is 3.89. The minimum Gasteiger partial charge on any atom is -0.322 e. The zero-order valence-corrected chi connectivity index (χ0v) is 7.41. The maximum Gasteiger partial charge on any atom is 0.674 e. The summed E-state index contributed by atoms with van der Waals surface area (Å²) in [5, 5.41) is 12.7. The average Bonchev–Trinajstić information content (AvgIpc) is 2.23. The van der Waals surface area contributed by atoms with Crippen LogP contribution in [0.15, 0.2) is 15.5 Å². The molecule has 12 nitrogen and oxygen atoms in total. The quantitative estimate of drug-likeness (QED) is 0.282. The highest BCUT2D eigenvalue weighted by Gasteiger charge is 2.44. The fourth-order valence-corrected chi connectivity index (χ4v) is 1.02. The molecule has 1 saturated heterocycles. The molecular formula is H3B3N12. The summed E-state index contributed by atoms with van der Waals surface area (Å²) in [4.78, 5) is 9.89. The van der Waals surface area contributed by atoms with Crippen molar-refractivity contribution in [2.45, 2.75) is 0 Å². The highest BCUT2D eigenvalue weighted by Crippen LogP contribution is 2.06. The van der Waals surface area contributed by atoms with E-state index in [-0.39, 0.29) is 15.1 Å². The van der Waals surface area contributed by atoms with Crippen LogP contribution in [0.25, 0.3) is 31.3 Å². The van der Waals surface area contributed by atoms with Crippen molar-refractivity contribution in [1.82, 2.24) is 14.8 Å². The first-order valence-corrected chi connectivity index (χ1v) is 3.71. The summed E-state index contributed by atoms with van der Waals surface area (Å²) in [5.74, 6) is 0. The summed E-state index contributed by atoms with van der Waals surface area (Å²) in [7, 11) is -0.556. The summed E-state index contributed by atoms with van der Waals surface area (Å²) in [6.45, 7) is 0. The van der Waals surface area contributed by atoms with Crippen LogP contribution in [0.5, 0.6) is 0 Å². The van der Waals surface area contributed by atoms with Crippen molar-refractivity contribution in [3.05, 3.63) is 31.3 Å². The van der Waals surface area contributed by atoms with Gasteiger partial charge < -0.3 is 14.8 Å². The van der Waals surface area contributed by atoms with E-state index in [9.17, 15) is 0 Å². The van der Waals surface area contributed by atoms with Crippen molar-refractivity contribution in [2.24, 2.45) is 15.5 Å². The van der Waals surface area contributed by atoms with Gasteiger partial charge >= 0.3 is 22.2 Å². The lowest BCUT2D eigenvalue weighted by molar-refractivity contribution is 0.558. The number of nitrogens with zero attached hydrogens (tertiary/aromatic N) is 11. The van der Waals surface area contributed by atoms with E-state index >= 15 is 0 Å². The van der Waals surface area contributed by atoms with Gasteiger partial charge in [-0.25, -0.2) is 0 Å². The molecule has 0 atom stereocenters. The minimum absolute atomic E-state index is 0.200. The van der Waals surface area contributed by atoms with Crippen LogP contribution < -0.4 is 5.14 Å². The van der Waals surface area contributed by atoms with Crippen molar-refractivity contribution in [3.8, 4) is 0 Å². The summed E-state index contributed by atoms with van der Waals surface area (Å²) in [6, 6.07) is 0. The number of azide groups is 3. The molecule has 15 heteroatoms. The van der Waals surface area contributed by atoms with Gasteiger partial charge in [-0.3, -0.25) is 0 Å².